The number of amides is 1. The van der Waals surface area contributed by atoms with Crippen molar-refractivity contribution in [1.29, 1.82) is 0 Å². The first kappa shape index (κ1) is 17.2. The lowest BCUT2D eigenvalue weighted by Crippen LogP contribution is -2.50. The van der Waals surface area contributed by atoms with Gasteiger partial charge >= 0.3 is 6.09 Å². The number of ether oxygens (including phenoxy) is 1. The zero-order chi connectivity index (χ0) is 14.2. The van der Waals surface area contributed by atoms with Gasteiger partial charge in [-0.15, -0.1) is 0 Å². The van der Waals surface area contributed by atoms with Gasteiger partial charge < -0.3 is 15.4 Å². The average molecular weight is 259 g/mol. The maximum atomic E-state index is 11.7. The van der Waals surface area contributed by atoms with Crippen LogP contribution in [0.5, 0.6) is 0 Å². The van der Waals surface area contributed by atoms with Crippen LogP contribution >= 0.6 is 0 Å². The maximum Gasteiger partial charge on any atom is 0.410 e. The lowest BCUT2D eigenvalue weighted by Gasteiger charge is -2.35. The summed E-state index contributed by atoms with van der Waals surface area (Å²) in [7, 11) is 0. The van der Waals surface area contributed by atoms with Gasteiger partial charge in [-0.2, -0.15) is 0 Å². The molecule has 0 aliphatic carbocycles. The van der Waals surface area contributed by atoms with Crippen LogP contribution in [0.2, 0.25) is 0 Å². The molecule has 2 N–H and O–H groups in total. The van der Waals surface area contributed by atoms with E-state index in [1.165, 1.54) is 0 Å². The van der Waals surface area contributed by atoms with Gasteiger partial charge in [0.05, 0.1) is 0 Å². The molecule has 108 valence electrons. The molecule has 0 unspecified atom stereocenters. The van der Waals surface area contributed by atoms with Crippen LogP contribution in [0.1, 0.15) is 34.6 Å². The van der Waals surface area contributed by atoms with Crippen molar-refractivity contribution in [2.24, 2.45) is 5.73 Å². The first-order valence-corrected chi connectivity index (χ1v) is 6.83. The summed E-state index contributed by atoms with van der Waals surface area (Å²) < 4.78 is 5.32. The summed E-state index contributed by atoms with van der Waals surface area (Å²) >= 11 is 0. The first-order valence-electron chi connectivity index (χ1n) is 6.83. The van der Waals surface area contributed by atoms with Crippen LogP contribution in [0.3, 0.4) is 0 Å². The van der Waals surface area contributed by atoms with E-state index in [0.29, 0.717) is 6.54 Å². The van der Waals surface area contributed by atoms with Gasteiger partial charge in [0.25, 0.3) is 0 Å². The molecule has 1 aliphatic heterocycles. The smallest absolute Gasteiger partial charge is 0.410 e. The highest BCUT2D eigenvalue weighted by atomic mass is 16.6. The molecule has 0 atom stereocenters. The zero-order valence-electron chi connectivity index (χ0n) is 12.5. The Bertz CT molecular complexity index is 231. The van der Waals surface area contributed by atoms with Crippen molar-refractivity contribution in [3.05, 3.63) is 0 Å². The van der Waals surface area contributed by atoms with E-state index in [1.807, 2.05) is 34.6 Å². The van der Waals surface area contributed by atoms with Crippen molar-refractivity contribution in [2.75, 3.05) is 39.3 Å². The van der Waals surface area contributed by atoms with Gasteiger partial charge in [-0.3, -0.25) is 4.90 Å². The third-order valence-corrected chi connectivity index (χ3v) is 2.47. The van der Waals surface area contributed by atoms with Crippen molar-refractivity contribution < 1.29 is 9.53 Å². The van der Waals surface area contributed by atoms with Gasteiger partial charge in [0.1, 0.15) is 5.60 Å². The minimum atomic E-state index is -0.411. The molecule has 0 aromatic heterocycles. The van der Waals surface area contributed by atoms with Crippen LogP contribution in [0.25, 0.3) is 0 Å². The van der Waals surface area contributed by atoms with E-state index in [1.54, 1.807) is 4.90 Å². The number of carbonyl (C=O) groups is 1. The van der Waals surface area contributed by atoms with Gasteiger partial charge in [0.2, 0.25) is 0 Å². The summed E-state index contributed by atoms with van der Waals surface area (Å²) in [5.41, 5.74) is 5.08. The molecule has 1 aliphatic rings. The minimum absolute atomic E-state index is 0.208. The topological polar surface area (TPSA) is 58.8 Å². The second kappa shape index (κ2) is 8.32. The predicted molar refractivity (Wildman–Crippen MR) is 74.6 cm³/mol. The summed E-state index contributed by atoms with van der Waals surface area (Å²) in [6.07, 6.45) is -0.208. The van der Waals surface area contributed by atoms with Gasteiger partial charge in [-0.1, -0.05) is 13.8 Å². The fourth-order valence-corrected chi connectivity index (χ4v) is 1.66. The largest absolute Gasteiger partial charge is 0.444 e. The summed E-state index contributed by atoms with van der Waals surface area (Å²) in [6, 6.07) is 0. The number of nitrogens with two attached hydrogens (primary N) is 1. The number of hydrogen-bond acceptors (Lipinski definition) is 4. The van der Waals surface area contributed by atoms with Gasteiger partial charge in [0.15, 0.2) is 0 Å². The van der Waals surface area contributed by atoms with Gasteiger partial charge in [-0.05, 0) is 20.8 Å². The molecular weight excluding hydrogens is 230 g/mol. The molecule has 0 spiro atoms. The second-order valence-electron chi connectivity index (χ2n) is 5.10. The van der Waals surface area contributed by atoms with E-state index in [-0.39, 0.29) is 6.09 Å². The molecule has 0 aromatic rings. The molecule has 0 radical (unpaired) electrons. The Morgan fingerprint density at radius 3 is 2.06 bits per heavy atom. The molecule has 5 heteroatoms. The van der Waals surface area contributed by atoms with E-state index in [9.17, 15) is 4.79 Å². The van der Waals surface area contributed by atoms with E-state index in [4.69, 9.17) is 10.5 Å². The normalized spacial score (nSPS) is 16.9. The molecule has 1 heterocycles. The van der Waals surface area contributed by atoms with E-state index < -0.39 is 5.60 Å². The van der Waals surface area contributed by atoms with Crippen LogP contribution in [0.4, 0.5) is 4.79 Å². The summed E-state index contributed by atoms with van der Waals surface area (Å²) in [4.78, 5) is 15.8. The Balaban J connectivity index is 0.00000137. The lowest BCUT2D eigenvalue weighted by atomic mass is 10.2. The molecule has 0 saturated carbocycles. The highest BCUT2D eigenvalue weighted by Crippen LogP contribution is 2.11. The molecule has 5 nitrogen and oxygen atoms in total. The Kier molecular flexibility index (Phi) is 7.95. The Morgan fingerprint density at radius 1 is 1.17 bits per heavy atom. The molecule has 1 saturated heterocycles. The van der Waals surface area contributed by atoms with E-state index in [0.717, 1.165) is 32.7 Å². The number of hydrogen-bond donors (Lipinski definition) is 1. The average Bonchev–Trinajstić information content (AvgIpc) is 2.31. The van der Waals surface area contributed by atoms with Crippen molar-refractivity contribution in [2.45, 2.75) is 40.2 Å². The monoisotopic (exact) mass is 259 g/mol. The summed E-state index contributed by atoms with van der Waals surface area (Å²) in [6.45, 7) is 14.5. The molecule has 0 aromatic carbocycles. The summed E-state index contributed by atoms with van der Waals surface area (Å²) in [5, 5.41) is 0. The molecule has 0 bridgehead atoms. The molecule has 1 amide bonds. The van der Waals surface area contributed by atoms with Crippen molar-refractivity contribution in [3.8, 4) is 0 Å². The maximum absolute atomic E-state index is 11.7. The van der Waals surface area contributed by atoms with E-state index >= 15 is 0 Å². The number of rotatable bonds is 2. The molecule has 18 heavy (non-hydrogen) atoms. The zero-order valence-corrected chi connectivity index (χ0v) is 12.5. The van der Waals surface area contributed by atoms with Crippen molar-refractivity contribution >= 4 is 6.09 Å². The third kappa shape index (κ3) is 6.81. The van der Waals surface area contributed by atoms with Crippen LogP contribution in [-0.4, -0.2) is 60.8 Å². The summed E-state index contributed by atoms with van der Waals surface area (Å²) in [5.74, 6) is 0. The fourth-order valence-electron chi connectivity index (χ4n) is 1.66. The number of piperazine rings is 1. The Hall–Kier alpha value is -0.810. The second-order valence-corrected chi connectivity index (χ2v) is 5.10. The van der Waals surface area contributed by atoms with Crippen molar-refractivity contribution in [3.63, 3.8) is 0 Å². The predicted octanol–water partition coefficient (Wildman–Crippen LogP) is 1.52. The third-order valence-electron chi connectivity index (χ3n) is 2.47. The number of nitrogens with zero attached hydrogens (tertiary/aromatic N) is 2. The SMILES string of the molecule is CC.CC(C)(C)OC(=O)N1CCN(CCN)CC1. The highest BCUT2D eigenvalue weighted by molar-refractivity contribution is 5.68. The van der Waals surface area contributed by atoms with Crippen LogP contribution in [-0.2, 0) is 4.74 Å². The Morgan fingerprint density at radius 2 is 1.67 bits per heavy atom. The van der Waals surface area contributed by atoms with Gasteiger partial charge in [0, 0.05) is 39.3 Å². The Labute approximate surface area is 111 Å². The van der Waals surface area contributed by atoms with Crippen molar-refractivity contribution in [1.82, 2.24) is 9.80 Å². The lowest BCUT2D eigenvalue weighted by molar-refractivity contribution is 0.0148. The van der Waals surface area contributed by atoms with E-state index in [2.05, 4.69) is 4.90 Å². The molecule has 1 fully saturated rings. The number of carbonyl (C=O) groups excluding carboxylic acids is 1. The molecule has 1 rings (SSSR count). The van der Waals surface area contributed by atoms with Crippen LogP contribution in [0.15, 0.2) is 0 Å². The molecular formula is C13H29N3O2. The quantitative estimate of drug-likeness (QED) is 0.817. The highest BCUT2D eigenvalue weighted by Gasteiger charge is 2.25. The standard InChI is InChI=1S/C11H23N3O2.C2H6/c1-11(2,3)16-10(15)14-8-6-13(5-4-12)7-9-14;1-2/h4-9,12H2,1-3H3;1-2H3. The van der Waals surface area contributed by atoms with Crippen LogP contribution < -0.4 is 5.73 Å². The van der Waals surface area contributed by atoms with Gasteiger partial charge in [-0.25, -0.2) is 4.79 Å². The first-order chi connectivity index (χ1) is 8.42. The van der Waals surface area contributed by atoms with Crippen LogP contribution in [0, 0.1) is 0 Å². The minimum Gasteiger partial charge on any atom is -0.444 e. The fraction of sp³-hybridized carbons (Fsp3) is 0.923.